The fraction of sp³-hybridized carbons (Fsp3) is 1.00. The molecule has 0 spiro atoms. The number of hydrogen-bond donors (Lipinski definition) is 2. The lowest BCUT2D eigenvalue weighted by molar-refractivity contribution is 0.349. The maximum absolute atomic E-state index is 11.9. The molecule has 0 amide bonds. The molecule has 0 saturated carbocycles. The van der Waals surface area contributed by atoms with Crippen LogP contribution in [-0.4, -0.2) is 25.8 Å². The average Bonchev–Trinajstić information content (AvgIpc) is 2.37. The molecular formula is C6H13FN2. The van der Waals surface area contributed by atoms with Crippen LogP contribution >= 0.6 is 0 Å². The molecule has 1 aliphatic rings. The van der Waals surface area contributed by atoms with Crippen LogP contribution in [0.1, 0.15) is 6.42 Å². The van der Waals surface area contributed by atoms with Gasteiger partial charge in [0.1, 0.15) is 6.67 Å². The van der Waals surface area contributed by atoms with Gasteiger partial charge in [0.25, 0.3) is 0 Å². The lowest BCUT2D eigenvalue weighted by Crippen LogP contribution is -2.33. The van der Waals surface area contributed by atoms with E-state index in [1.54, 1.807) is 0 Å². The Bertz CT molecular complexity index is 81.1. The van der Waals surface area contributed by atoms with Crippen LogP contribution in [-0.2, 0) is 0 Å². The molecule has 3 N–H and O–H groups in total. The molecule has 0 aromatic heterocycles. The topological polar surface area (TPSA) is 38.0 Å². The number of hydrogen-bond acceptors (Lipinski definition) is 2. The molecule has 0 radical (unpaired) electrons. The first-order valence-corrected chi connectivity index (χ1v) is 3.37. The van der Waals surface area contributed by atoms with Crippen molar-refractivity contribution in [2.75, 3.05) is 19.8 Å². The SMILES string of the molecule is NC(CF)C1CCNC1. The van der Waals surface area contributed by atoms with Crippen molar-refractivity contribution in [3.63, 3.8) is 0 Å². The highest BCUT2D eigenvalue weighted by molar-refractivity contribution is 4.79. The van der Waals surface area contributed by atoms with Crippen molar-refractivity contribution in [3.8, 4) is 0 Å². The predicted molar refractivity (Wildman–Crippen MR) is 34.9 cm³/mol. The first kappa shape index (κ1) is 6.96. The zero-order chi connectivity index (χ0) is 6.69. The largest absolute Gasteiger partial charge is 0.325 e. The van der Waals surface area contributed by atoms with Crippen LogP contribution in [0.5, 0.6) is 0 Å². The second-order valence-electron chi connectivity index (χ2n) is 2.57. The molecule has 1 heterocycles. The van der Waals surface area contributed by atoms with Gasteiger partial charge in [0.2, 0.25) is 0 Å². The Kier molecular flexibility index (Phi) is 2.42. The molecule has 2 atom stereocenters. The third-order valence-corrected chi connectivity index (χ3v) is 1.88. The maximum atomic E-state index is 11.9. The fourth-order valence-corrected chi connectivity index (χ4v) is 1.17. The van der Waals surface area contributed by atoms with Crippen molar-refractivity contribution < 1.29 is 4.39 Å². The van der Waals surface area contributed by atoms with Crippen molar-refractivity contribution in [1.29, 1.82) is 0 Å². The zero-order valence-electron chi connectivity index (χ0n) is 5.44. The summed E-state index contributed by atoms with van der Waals surface area (Å²) in [4.78, 5) is 0. The summed E-state index contributed by atoms with van der Waals surface area (Å²) in [6.45, 7) is 1.51. The molecule has 0 aromatic rings. The van der Waals surface area contributed by atoms with E-state index >= 15 is 0 Å². The Balaban J connectivity index is 2.24. The highest BCUT2D eigenvalue weighted by Crippen LogP contribution is 2.10. The van der Waals surface area contributed by atoms with Crippen LogP contribution < -0.4 is 11.1 Å². The standard InChI is InChI=1S/C6H13FN2/c7-3-6(8)5-1-2-9-4-5/h5-6,9H,1-4,8H2. The maximum Gasteiger partial charge on any atom is 0.105 e. The van der Waals surface area contributed by atoms with E-state index in [0.29, 0.717) is 5.92 Å². The molecular weight excluding hydrogens is 119 g/mol. The quantitative estimate of drug-likeness (QED) is 0.550. The van der Waals surface area contributed by atoms with Gasteiger partial charge in [-0.1, -0.05) is 0 Å². The molecule has 9 heavy (non-hydrogen) atoms. The lowest BCUT2D eigenvalue weighted by atomic mass is 10.0. The molecule has 0 bridgehead atoms. The van der Waals surface area contributed by atoms with Gasteiger partial charge in [-0.3, -0.25) is 0 Å². The summed E-state index contributed by atoms with van der Waals surface area (Å²) in [6.07, 6.45) is 1.03. The van der Waals surface area contributed by atoms with Crippen LogP contribution in [0.25, 0.3) is 0 Å². The summed E-state index contributed by atoms with van der Waals surface area (Å²) in [5.74, 6) is 0.370. The minimum absolute atomic E-state index is 0.236. The first-order chi connectivity index (χ1) is 4.34. The normalized spacial score (nSPS) is 30.7. The number of nitrogens with two attached hydrogens (primary N) is 1. The molecule has 0 aliphatic carbocycles. The average molecular weight is 132 g/mol. The summed E-state index contributed by atoms with van der Waals surface area (Å²) in [5.41, 5.74) is 5.46. The van der Waals surface area contributed by atoms with Gasteiger partial charge in [-0.15, -0.1) is 0 Å². The van der Waals surface area contributed by atoms with Crippen LogP contribution in [0.15, 0.2) is 0 Å². The van der Waals surface area contributed by atoms with E-state index in [-0.39, 0.29) is 12.7 Å². The van der Waals surface area contributed by atoms with E-state index in [0.717, 1.165) is 19.5 Å². The van der Waals surface area contributed by atoms with Gasteiger partial charge in [-0.05, 0) is 25.4 Å². The van der Waals surface area contributed by atoms with E-state index in [2.05, 4.69) is 5.32 Å². The van der Waals surface area contributed by atoms with E-state index in [1.807, 2.05) is 0 Å². The van der Waals surface area contributed by atoms with Gasteiger partial charge in [0.05, 0.1) is 0 Å². The Morgan fingerprint density at radius 2 is 2.56 bits per heavy atom. The fourth-order valence-electron chi connectivity index (χ4n) is 1.17. The van der Waals surface area contributed by atoms with E-state index in [4.69, 9.17) is 5.73 Å². The molecule has 2 unspecified atom stereocenters. The van der Waals surface area contributed by atoms with Crippen molar-refractivity contribution in [3.05, 3.63) is 0 Å². The van der Waals surface area contributed by atoms with Crippen molar-refractivity contribution in [1.82, 2.24) is 5.32 Å². The number of rotatable bonds is 2. The van der Waals surface area contributed by atoms with E-state index in [1.165, 1.54) is 0 Å². The Hall–Kier alpha value is -0.150. The zero-order valence-corrected chi connectivity index (χ0v) is 5.44. The molecule has 1 saturated heterocycles. The smallest absolute Gasteiger partial charge is 0.105 e. The third kappa shape index (κ3) is 1.63. The van der Waals surface area contributed by atoms with Crippen LogP contribution in [0.2, 0.25) is 0 Å². The van der Waals surface area contributed by atoms with Gasteiger partial charge in [-0.2, -0.15) is 0 Å². The third-order valence-electron chi connectivity index (χ3n) is 1.88. The van der Waals surface area contributed by atoms with Crippen LogP contribution in [0, 0.1) is 5.92 Å². The predicted octanol–water partition coefficient (Wildman–Crippen LogP) is -0.107. The molecule has 1 aliphatic heterocycles. The Morgan fingerprint density at radius 3 is 3.00 bits per heavy atom. The van der Waals surface area contributed by atoms with Crippen molar-refractivity contribution >= 4 is 0 Å². The van der Waals surface area contributed by atoms with Gasteiger partial charge in [0, 0.05) is 6.04 Å². The van der Waals surface area contributed by atoms with Gasteiger partial charge >= 0.3 is 0 Å². The molecule has 54 valence electrons. The number of halogens is 1. The minimum Gasteiger partial charge on any atom is -0.325 e. The lowest BCUT2D eigenvalue weighted by Gasteiger charge is -2.12. The summed E-state index contributed by atoms with van der Waals surface area (Å²) in [5, 5.41) is 3.14. The van der Waals surface area contributed by atoms with Gasteiger partial charge in [-0.25, -0.2) is 4.39 Å². The number of alkyl halides is 1. The summed E-state index contributed by atoms with van der Waals surface area (Å²) >= 11 is 0. The molecule has 1 rings (SSSR count). The summed E-state index contributed by atoms with van der Waals surface area (Å²) < 4.78 is 11.9. The molecule has 3 heteroatoms. The molecule has 1 fully saturated rings. The van der Waals surface area contributed by atoms with Gasteiger partial charge in [0.15, 0.2) is 0 Å². The molecule has 0 aromatic carbocycles. The second kappa shape index (κ2) is 3.13. The minimum atomic E-state index is -0.383. The van der Waals surface area contributed by atoms with Crippen LogP contribution in [0.4, 0.5) is 4.39 Å². The first-order valence-electron chi connectivity index (χ1n) is 3.37. The Morgan fingerprint density at radius 1 is 1.78 bits per heavy atom. The molecule has 2 nitrogen and oxygen atoms in total. The van der Waals surface area contributed by atoms with Gasteiger partial charge < -0.3 is 11.1 Å². The monoisotopic (exact) mass is 132 g/mol. The van der Waals surface area contributed by atoms with Crippen molar-refractivity contribution in [2.24, 2.45) is 11.7 Å². The summed E-state index contributed by atoms with van der Waals surface area (Å²) in [7, 11) is 0. The highest BCUT2D eigenvalue weighted by atomic mass is 19.1. The highest BCUT2D eigenvalue weighted by Gasteiger charge is 2.20. The summed E-state index contributed by atoms with van der Waals surface area (Å²) in [6, 6.07) is -0.236. The van der Waals surface area contributed by atoms with Crippen molar-refractivity contribution in [2.45, 2.75) is 12.5 Å². The number of nitrogens with one attached hydrogen (secondary N) is 1. The van der Waals surface area contributed by atoms with E-state index in [9.17, 15) is 4.39 Å². The van der Waals surface area contributed by atoms with E-state index < -0.39 is 0 Å². The second-order valence-corrected chi connectivity index (χ2v) is 2.57. The van der Waals surface area contributed by atoms with Crippen LogP contribution in [0.3, 0.4) is 0 Å². The Labute approximate surface area is 54.6 Å².